The number of hydrogen-bond donors (Lipinski definition) is 2. The monoisotopic (exact) mass is 346 g/mol. The zero-order chi connectivity index (χ0) is 18.4. The molecule has 0 amide bonds. The van der Waals surface area contributed by atoms with Crippen LogP contribution < -0.4 is 10.1 Å². The van der Waals surface area contributed by atoms with E-state index in [9.17, 15) is 14.4 Å². The lowest BCUT2D eigenvalue weighted by Gasteiger charge is -2.03. The van der Waals surface area contributed by atoms with Crippen LogP contribution in [-0.4, -0.2) is 54.6 Å². The zero-order valence-electron chi connectivity index (χ0n) is 13.8. The minimum Gasteiger partial charge on any atom is -0.497 e. The second-order valence-corrected chi connectivity index (χ2v) is 5.26. The minimum atomic E-state index is -0.944. The molecule has 1 fully saturated rings. The van der Waals surface area contributed by atoms with E-state index in [0.29, 0.717) is 17.0 Å². The first-order chi connectivity index (χ1) is 11.9. The number of esters is 1. The highest BCUT2D eigenvalue weighted by Gasteiger charge is 2.26. The second kappa shape index (κ2) is 8.20. The lowest BCUT2D eigenvalue weighted by atomic mass is 10.2. The van der Waals surface area contributed by atoms with Gasteiger partial charge in [0.1, 0.15) is 23.3 Å². The van der Waals surface area contributed by atoms with Gasteiger partial charge in [-0.3, -0.25) is 14.9 Å². The summed E-state index contributed by atoms with van der Waals surface area (Å²) < 4.78 is 9.70. The third-order valence-electron chi connectivity index (χ3n) is 3.57. The van der Waals surface area contributed by atoms with E-state index in [1.807, 2.05) is 18.2 Å². The van der Waals surface area contributed by atoms with Crippen LogP contribution in [0.5, 0.6) is 5.75 Å². The number of carboxylic acid groups (broad SMARTS) is 1. The SMILES string of the molecule is COC(=O)c1ccc2ccc(OC)cc2n1.O=C1CN[C@H](C(=O)O)C1. The molecule has 0 spiro atoms. The number of rotatable bonds is 3. The summed E-state index contributed by atoms with van der Waals surface area (Å²) in [5.41, 5.74) is 1.01. The van der Waals surface area contributed by atoms with Gasteiger partial charge in [0.25, 0.3) is 0 Å². The Kier molecular flexibility index (Phi) is 6.02. The van der Waals surface area contributed by atoms with Gasteiger partial charge in [0.2, 0.25) is 0 Å². The average molecular weight is 346 g/mol. The molecule has 25 heavy (non-hydrogen) atoms. The number of aromatic nitrogens is 1. The van der Waals surface area contributed by atoms with Crippen molar-refractivity contribution >= 4 is 28.6 Å². The Morgan fingerprint density at radius 3 is 2.48 bits per heavy atom. The summed E-state index contributed by atoms with van der Waals surface area (Å²) in [6.45, 7) is 0.205. The van der Waals surface area contributed by atoms with Crippen molar-refractivity contribution in [1.29, 1.82) is 0 Å². The average Bonchev–Trinajstić information content (AvgIpc) is 3.07. The van der Waals surface area contributed by atoms with Crippen LogP contribution in [0.15, 0.2) is 30.3 Å². The van der Waals surface area contributed by atoms with Crippen molar-refractivity contribution < 1.29 is 29.0 Å². The van der Waals surface area contributed by atoms with E-state index in [2.05, 4.69) is 15.0 Å². The maximum atomic E-state index is 11.3. The van der Waals surface area contributed by atoms with E-state index in [0.717, 1.165) is 5.39 Å². The predicted molar refractivity (Wildman–Crippen MR) is 88.7 cm³/mol. The first-order valence-corrected chi connectivity index (χ1v) is 7.45. The molecule has 1 atom stereocenters. The molecule has 0 aliphatic carbocycles. The van der Waals surface area contributed by atoms with Gasteiger partial charge < -0.3 is 14.6 Å². The predicted octanol–water partition coefficient (Wildman–Crippen LogP) is 1.03. The van der Waals surface area contributed by atoms with Gasteiger partial charge in [0.05, 0.1) is 26.3 Å². The molecule has 8 nitrogen and oxygen atoms in total. The first-order valence-electron chi connectivity index (χ1n) is 7.45. The number of nitrogens with zero attached hydrogens (tertiary/aromatic N) is 1. The topological polar surface area (TPSA) is 115 Å². The lowest BCUT2D eigenvalue weighted by Crippen LogP contribution is -2.29. The fourth-order valence-electron chi connectivity index (χ4n) is 2.23. The number of pyridine rings is 1. The van der Waals surface area contributed by atoms with Crippen molar-refractivity contribution in [2.75, 3.05) is 20.8 Å². The summed E-state index contributed by atoms with van der Waals surface area (Å²) in [4.78, 5) is 36.1. The number of ketones is 1. The van der Waals surface area contributed by atoms with E-state index in [1.54, 1.807) is 19.2 Å². The Labute approximate surface area is 143 Å². The molecule has 1 aliphatic heterocycles. The number of nitrogens with one attached hydrogen (secondary N) is 1. The van der Waals surface area contributed by atoms with Crippen molar-refractivity contribution in [3.05, 3.63) is 36.0 Å². The Bertz CT molecular complexity index is 805. The second-order valence-electron chi connectivity index (χ2n) is 5.26. The van der Waals surface area contributed by atoms with Crippen molar-refractivity contribution in [2.24, 2.45) is 0 Å². The van der Waals surface area contributed by atoms with Gasteiger partial charge in [0, 0.05) is 17.9 Å². The number of carbonyl (C=O) groups excluding carboxylic acids is 2. The molecular formula is C17H18N2O6. The highest BCUT2D eigenvalue weighted by Crippen LogP contribution is 2.19. The molecule has 0 saturated carbocycles. The maximum Gasteiger partial charge on any atom is 0.356 e. The summed E-state index contributed by atoms with van der Waals surface area (Å²) >= 11 is 0. The normalized spacial score (nSPS) is 16.1. The van der Waals surface area contributed by atoms with Crippen LogP contribution in [0, 0.1) is 0 Å². The summed E-state index contributed by atoms with van der Waals surface area (Å²) in [6.07, 6.45) is 0.134. The number of aliphatic carboxylic acids is 1. The third kappa shape index (κ3) is 4.74. The van der Waals surface area contributed by atoms with Gasteiger partial charge in [-0.25, -0.2) is 9.78 Å². The van der Waals surface area contributed by atoms with Crippen LogP contribution in [0.3, 0.4) is 0 Å². The van der Waals surface area contributed by atoms with Crippen LogP contribution in [0.4, 0.5) is 0 Å². The molecule has 1 aliphatic rings. The number of fused-ring (bicyclic) bond motifs is 1. The number of ether oxygens (including phenoxy) is 2. The Hall–Kier alpha value is -3.00. The molecule has 2 N–H and O–H groups in total. The minimum absolute atomic E-state index is 0.0256. The molecule has 8 heteroatoms. The van der Waals surface area contributed by atoms with Crippen LogP contribution in [0.2, 0.25) is 0 Å². The highest BCUT2D eigenvalue weighted by atomic mass is 16.5. The van der Waals surface area contributed by atoms with E-state index in [-0.39, 0.29) is 18.7 Å². The number of methoxy groups -OCH3 is 2. The molecule has 132 valence electrons. The molecule has 1 saturated heterocycles. The van der Waals surface area contributed by atoms with Crippen molar-refractivity contribution in [3.8, 4) is 5.75 Å². The number of benzene rings is 1. The van der Waals surface area contributed by atoms with Gasteiger partial charge in [-0.2, -0.15) is 0 Å². The highest BCUT2D eigenvalue weighted by molar-refractivity contribution is 5.91. The maximum absolute atomic E-state index is 11.3. The molecule has 3 rings (SSSR count). The van der Waals surface area contributed by atoms with Gasteiger partial charge in [-0.1, -0.05) is 6.07 Å². The van der Waals surface area contributed by atoms with Crippen LogP contribution in [0.25, 0.3) is 10.9 Å². The third-order valence-corrected chi connectivity index (χ3v) is 3.57. The molecule has 1 aromatic carbocycles. The first kappa shape index (κ1) is 18.3. The quantitative estimate of drug-likeness (QED) is 0.792. The lowest BCUT2D eigenvalue weighted by molar-refractivity contribution is -0.139. The molecule has 0 unspecified atom stereocenters. The number of hydrogen-bond acceptors (Lipinski definition) is 7. The van der Waals surface area contributed by atoms with Gasteiger partial charge >= 0.3 is 11.9 Å². The fraction of sp³-hybridized carbons (Fsp3) is 0.294. The molecule has 0 radical (unpaired) electrons. The summed E-state index contributed by atoms with van der Waals surface area (Å²) in [5.74, 6) is -0.699. The standard InChI is InChI=1S/C12H11NO3.C5H7NO3/c1-15-9-5-3-8-4-6-10(12(14)16-2)13-11(8)7-9;7-3-1-4(5(8)9)6-2-3/h3-7H,1-2H3;4,6H,1-2H2,(H,8,9)/t;4-/m.0/s1. The van der Waals surface area contributed by atoms with E-state index < -0.39 is 18.0 Å². The van der Waals surface area contributed by atoms with Crippen LogP contribution >= 0.6 is 0 Å². The number of carbonyl (C=O) groups is 3. The largest absolute Gasteiger partial charge is 0.497 e. The van der Waals surface area contributed by atoms with Gasteiger partial charge in [-0.15, -0.1) is 0 Å². The summed E-state index contributed by atoms with van der Waals surface area (Å²) in [7, 11) is 2.92. The van der Waals surface area contributed by atoms with Crippen LogP contribution in [0.1, 0.15) is 16.9 Å². The van der Waals surface area contributed by atoms with Crippen molar-refractivity contribution in [1.82, 2.24) is 10.3 Å². The van der Waals surface area contributed by atoms with E-state index in [1.165, 1.54) is 7.11 Å². The van der Waals surface area contributed by atoms with Crippen LogP contribution in [-0.2, 0) is 14.3 Å². The van der Waals surface area contributed by atoms with E-state index in [4.69, 9.17) is 9.84 Å². The van der Waals surface area contributed by atoms with Crippen molar-refractivity contribution in [3.63, 3.8) is 0 Å². The molecule has 2 aromatic rings. The Balaban J connectivity index is 0.000000212. The number of carboxylic acids is 1. The van der Waals surface area contributed by atoms with Gasteiger partial charge in [0.15, 0.2) is 0 Å². The Morgan fingerprint density at radius 2 is 1.96 bits per heavy atom. The molecular weight excluding hydrogens is 328 g/mol. The molecule has 2 heterocycles. The molecule has 0 bridgehead atoms. The summed E-state index contributed by atoms with van der Waals surface area (Å²) in [5, 5.41) is 11.8. The number of Topliss-reactive ketones (excluding diaryl/α,β-unsaturated/α-hetero) is 1. The van der Waals surface area contributed by atoms with Crippen molar-refractivity contribution in [2.45, 2.75) is 12.5 Å². The molecule has 1 aromatic heterocycles. The fourth-order valence-corrected chi connectivity index (χ4v) is 2.23. The zero-order valence-corrected chi connectivity index (χ0v) is 13.8. The smallest absolute Gasteiger partial charge is 0.356 e. The summed E-state index contributed by atoms with van der Waals surface area (Å²) in [6, 6.07) is 8.35. The van der Waals surface area contributed by atoms with Gasteiger partial charge in [-0.05, 0) is 18.2 Å². The Morgan fingerprint density at radius 1 is 1.24 bits per heavy atom. The van der Waals surface area contributed by atoms with E-state index >= 15 is 0 Å².